The second-order valence-electron chi connectivity index (χ2n) is 4.97. The summed E-state index contributed by atoms with van der Waals surface area (Å²) < 4.78 is 5.57. The molecule has 0 aliphatic heterocycles. The Balaban J connectivity index is 1.86. The molecule has 1 atom stereocenters. The molecule has 0 radical (unpaired) electrons. The lowest BCUT2D eigenvalue weighted by atomic mass is 10.2. The van der Waals surface area contributed by atoms with Crippen LogP contribution in [0, 0.1) is 16.0 Å². The van der Waals surface area contributed by atoms with Crippen LogP contribution in [-0.4, -0.2) is 24.1 Å². The lowest BCUT2D eigenvalue weighted by molar-refractivity contribution is -0.384. The lowest BCUT2D eigenvalue weighted by Crippen LogP contribution is -2.26. The number of rotatable bonds is 7. The van der Waals surface area contributed by atoms with Gasteiger partial charge in [-0.25, -0.2) is 0 Å². The molecule has 1 aliphatic carbocycles. The average Bonchev–Trinajstić information content (AvgIpc) is 3.19. The van der Waals surface area contributed by atoms with Crippen LogP contribution in [0.1, 0.15) is 19.8 Å². The van der Waals surface area contributed by atoms with Gasteiger partial charge in [0.05, 0.1) is 22.6 Å². The van der Waals surface area contributed by atoms with Gasteiger partial charge in [-0.1, -0.05) is 18.5 Å². The van der Waals surface area contributed by atoms with Crippen LogP contribution in [0.5, 0.6) is 5.75 Å². The van der Waals surface area contributed by atoms with E-state index in [2.05, 4.69) is 12.2 Å². The Kier molecular flexibility index (Phi) is 4.61. The zero-order chi connectivity index (χ0) is 13.8. The highest BCUT2D eigenvalue weighted by molar-refractivity contribution is 6.32. The van der Waals surface area contributed by atoms with Crippen LogP contribution in [0.2, 0.25) is 5.02 Å². The number of benzene rings is 1. The van der Waals surface area contributed by atoms with Crippen LogP contribution in [0.3, 0.4) is 0 Å². The largest absolute Gasteiger partial charge is 0.491 e. The zero-order valence-corrected chi connectivity index (χ0v) is 11.5. The number of nitrogens with zero attached hydrogens (tertiary/aromatic N) is 1. The fourth-order valence-corrected chi connectivity index (χ4v) is 1.83. The molecular weight excluding hydrogens is 268 g/mol. The van der Waals surface area contributed by atoms with E-state index in [1.807, 2.05) is 0 Å². The van der Waals surface area contributed by atoms with Gasteiger partial charge in [0.2, 0.25) is 0 Å². The topological polar surface area (TPSA) is 64.4 Å². The van der Waals surface area contributed by atoms with Gasteiger partial charge in [0, 0.05) is 24.6 Å². The van der Waals surface area contributed by atoms with Gasteiger partial charge in [-0.15, -0.1) is 0 Å². The molecule has 1 N–H and O–H groups in total. The molecule has 1 aromatic rings. The molecule has 0 saturated heterocycles. The Labute approximate surface area is 117 Å². The summed E-state index contributed by atoms with van der Waals surface area (Å²) in [5.41, 5.74) is -0.0110. The molecular formula is C13H17ClN2O3. The van der Waals surface area contributed by atoms with Crippen molar-refractivity contribution in [2.75, 3.05) is 13.2 Å². The molecule has 1 aliphatic rings. The number of nitrogens with one attached hydrogen (secondary N) is 1. The van der Waals surface area contributed by atoms with Gasteiger partial charge in [0.25, 0.3) is 5.69 Å². The van der Waals surface area contributed by atoms with Crippen LogP contribution in [0.25, 0.3) is 0 Å². The van der Waals surface area contributed by atoms with E-state index in [0.29, 0.717) is 29.3 Å². The quantitative estimate of drug-likeness (QED) is 0.617. The molecule has 19 heavy (non-hydrogen) atoms. The van der Waals surface area contributed by atoms with E-state index in [9.17, 15) is 10.1 Å². The summed E-state index contributed by atoms with van der Waals surface area (Å²) >= 11 is 5.96. The van der Waals surface area contributed by atoms with Crippen molar-refractivity contribution in [3.8, 4) is 5.75 Å². The molecule has 1 saturated carbocycles. The smallest absolute Gasteiger partial charge is 0.273 e. The Morgan fingerprint density at radius 2 is 2.32 bits per heavy atom. The highest BCUT2D eigenvalue weighted by Crippen LogP contribution is 2.29. The fourth-order valence-electron chi connectivity index (χ4n) is 1.66. The number of hydrogen-bond donors (Lipinski definition) is 1. The van der Waals surface area contributed by atoms with Crippen molar-refractivity contribution in [3.05, 3.63) is 33.3 Å². The van der Waals surface area contributed by atoms with Crippen molar-refractivity contribution in [3.63, 3.8) is 0 Å². The van der Waals surface area contributed by atoms with Gasteiger partial charge in [-0.2, -0.15) is 0 Å². The molecule has 1 unspecified atom stereocenters. The van der Waals surface area contributed by atoms with Crippen molar-refractivity contribution in [1.82, 2.24) is 5.32 Å². The predicted octanol–water partition coefficient (Wildman–Crippen LogP) is 3.02. The summed E-state index contributed by atoms with van der Waals surface area (Å²) in [6, 6.07) is 4.89. The number of nitro groups is 1. The van der Waals surface area contributed by atoms with E-state index in [0.717, 1.165) is 6.54 Å². The van der Waals surface area contributed by atoms with Crippen molar-refractivity contribution in [2.45, 2.75) is 25.8 Å². The first kappa shape index (κ1) is 14.1. The van der Waals surface area contributed by atoms with E-state index in [4.69, 9.17) is 16.3 Å². The fraction of sp³-hybridized carbons (Fsp3) is 0.538. The van der Waals surface area contributed by atoms with Crippen LogP contribution < -0.4 is 10.1 Å². The second kappa shape index (κ2) is 6.21. The zero-order valence-electron chi connectivity index (χ0n) is 10.8. The second-order valence-corrected chi connectivity index (χ2v) is 5.38. The first-order valence-electron chi connectivity index (χ1n) is 6.36. The van der Waals surface area contributed by atoms with Gasteiger partial charge in [-0.3, -0.25) is 10.1 Å². The Morgan fingerprint density at radius 3 is 2.95 bits per heavy atom. The molecule has 0 amide bonds. The van der Waals surface area contributed by atoms with E-state index in [1.54, 1.807) is 0 Å². The maximum Gasteiger partial charge on any atom is 0.273 e. The van der Waals surface area contributed by atoms with Gasteiger partial charge < -0.3 is 10.1 Å². The first-order valence-corrected chi connectivity index (χ1v) is 6.74. The molecule has 104 valence electrons. The highest BCUT2D eigenvalue weighted by Gasteiger charge is 2.21. The van der Waals surface area contributed by atoms with Crippen molar-refractivity contribution in [1.29, 1.82) is 0 Å². The van der Waals surface area contributed by atoms with Crippen LogP contribution in [-0.2, 0) is 0 Å². The Hall–Kier alpha value is -1.33. The summed E-state index contributed by atoms with van der Waals surface area (Å²) in [7, 11) is 0. The number of ether oxygens (including phenoxy) is 1. The number of nitro benzene ring substituents is 1. The molecule has 1 fully saturated rings. The lowest BCUT2D eigenvalue weighted by Gasteiger charge is -2.14. The van der Waals surface area contributed by atoms with Crippen LogP contribution >= 0.6 is 11.6 Å². The summed E-state index contributed by atoms with van der Waals surface area (Å²) in [5.74, 6) is 0.699. The van der Waals surface area contributed by atoms with E-state index in [-0.39, 0.29) is 5.69 Å². The highest BCUT2D eigenvalue weighted by atomic mass is 35.5. The third kappa shape index (κ3) is 4.36. The summed E-state index contributed by atoms with van der Waals surface area (Å²) in [4.78, 5) is 10.2. The Morgan fingerprint density at radius 1 is 1.58 bits per heavy atom. The maximum atomic E-state index is 10.7. The van der Waals surface area contributed by atoms with Crippen molar-refractivity contribution >= 4 is 17.3 Å². The predicted molar refractivity (Wildman–Crippen MR) is 73.8 cm³/mol. The normalized spacial score (nSPS) is 16.1. The molecule has 1 aromatic carbocycles. The number of non-ortho nitro benzene ring substituents is 1. The standard InChI is InChI=1S/C13H17ClN2O3/c1-9(7-15-10-2-3-10)8-19-13-6-11(16(17)18)4-5-12(13)14/h4-6,9-10,15H,2-3,7-8H2,1H3. The number of hydrogen-bond acceptors (Lipinski definition) is 4. The summed E-state index contributed by atoms with van der Waals surface area (Å²) in [5, 5.41) is 14.5. The van der Waals surface area contributed by atoms with E-state index in [1.165, 1.54) is 31.0 Å². The molecule has 0 aromatic heterocycles. The van der Waals surface area contributed by atoms with E-state index >= 15 is 0 Å². The van der Waals surface area contributed by atoms with Crippen molar-refractivity contribution in [2.24, 2.45) is 5.92 Å². The Bertz CT molecular complexity index is 463. The third-order valence-electron chi connectivity index (χ3n) is 2.98. The minimum absolute atomic E-state index is 0.0110. The van der Waals surface area contributed by atoms with Gasteiger partial charge in [0.1, 0.15) is 5.75 Å². The van der Waals surface area contributed by atoms with Crippen LogP contribution in [0.15, 0.2) is 18.2 Å². The minimum atomic E-state index is -0.457. The third-order valence-corrected chi connectivity index (χ3v) is 3.29. The first-order chi connectivity index (χ1) is 9.06. The summed E-state index contributed by atoms with van der Waals surface area (Å²) in [6.07, 6.45) is 2.51. The van der Waals surface area contributed by atoms with Crippen LogP contribution in [0.4, 0.5) is 5.69 Å². The number of halogens is 1. The maximum absolute atomic E-state index is 10.7. The molecule has 0 heterocycles. The molecule has 2 rings (SSSR count). The van der Waals surface area contributed by atoms with Gasteiger partial charge >= 0.3 is 0 Å². The SMILES string of the molecule is CC(CNC1CC1)COc1cc([N+](=O)[O-])ccc1Cl. The van der Waals surface area contributed by atoms with Crippen molar-refractivity contribution < 1.29 is 9.66 Å². The summed E-state index contributed by atoms with van der Waals surface area (Å²) in [6.45, 7) is 3.44. The minimum Gasteiger partial charge on any atom is -0.491 e. The molecule has 0 spiro atoms. The van der Waals surface area contributed by atoms with Gasteiger partial charge in [0.15, 0.2) is 0 Å². The molecule has 6 heteroatoms. The monoisotopic (exact) mass is 284 g/mol. The molecule has 0 bridgehead atoms. The van der Waals surface area contributed by atoms with Gasteiger partial charge in [-0.05, 0) is 18.9 Å². The average molecular weight is 285 g/mol. The molecule has 5 nitrogen and oxygen atoms in total. The van der Waals surface area contributed by atoms with E-state index < -0.39 is 4.92 Å².